The Morgan fingerprint density at radius 1 is 1.14 bits per heavy atom. The Morgan fingerprint density at radius 2 is 1.81 bits per heavy atom. The predicted molar refractivity (Wildman–Crippen MR) is 82.9 cm³/mol. The molecule has 0 aromatic heterocycles. The van der Waals surface area contributed by atoms with Crippen molar-refractivity contribution in [1.82, 2.24) is 10.6 Å². The van der Waals surface area contributed by atoms with Gasteiger partial charge in [0.15, 0.2) is 0 Å². The molecular weight excluding hydrogens is 266 g/mol. The summed E-state index contributed by atoms with van der Waals surface area (Å²) in [6.45, 7) is 2.37. The summed E-state index contributed by atoms with van der Waals surface area (Å²) in [7, 11) is 0. The summed E-state index contributed by atoms with van der Waals surface area (Å²) >= 11 is 0. The standard InChI is InChI=1S/C16H23N3O2/c1-12(20)19-15-8-6-13(7-9-15)10-18-16(21)11-17-14-4-2-3-5-14/h6-9,14,17H,2-5,10-11H2,1H3,(H,18,21)(H,19,20). The van der Waals surface area contributed by atoms with Crippen LogP contribution in [0.25, 0.3) is 0 Å². The van der Waals surface area contributed by atoms with Gasteiger partial charge in [-0.1, -0.05) is 25.0 Å². The molecule has 1 fully saturated rings. The molecular formula is C16H23N3O2. The Bertz CT molecular complexity index is 479. The molecule has 0 unspecified atom stereocenters. The molecule has 3 N–H and O–H groups in total. The molecule has 1 aliphatic carbocycles. The number of amides is 2. The van der Waals surface area contributed by atoms with Gasteiger partial charge in [-0.3, -0.25) is 9.59 Å². The molecule has 5 nitrogen and oxygen atoms in total. The largest absolute Gasteiger partial charge is 0.351 e. The summed E-state index contributed by atoms with van der Waals surface area (Å²) in [5, 5.41) is 8.90. The maximum Gasteiger partial charge on any atom is 0.234 e. The maximum absolute atomic E-state index is 11.8. The Balaban J connectivity index is 1.69. The smallest absolute Gasteiger partial charge is 0.234 e. The second-order valence-corrected chi connectivity index (χ2v) is 5.52. The van der Waals surface area contributed by atoms with Crippen LogP contribution in [0.2, 0.25) is 0 Å². The molecule has 21 heavy (non-hydrogen) atoms. The summed E-state index contributed by atoms with van der Waals surface area (Å²) in [6, 6.07) is 7.97. The lowest BCUT2D eigenvalue weighted by Gasteiger charge is -2.12. The maximum atomic E-state index is 11.8. The molecule has 2 amide bonds. The fourth-order valence-corrected chi connectivity index (χ4v) is 2.54. The van der Waals surface area contributed by atoms with E-state index in [2.05, 4.69) is 16.0 Å². The first-order valence-corrected chi connectivity index (χ1v) is 7.50. The lowest BCUT2D eigenvalue weighted by atomic mass is 10.2. The first kappa shape index (κ1) is 15.5. The van der Waals surface area contributed by atoms with Crippen molar-refractivity contribution >= 4 is 17.5 Å². The van der Waals surface area contributed by atoms with E-state index in [0.717, 1.165) is 11.3 Å². The number of hydrogen-bond acceptors (Lipinski definition) is 3. The number of nitrogens with one attached hydrogen (secondary N) is 3. The zero-order valence-corrected chi connectivity index (χ0v) is 12.4. The summed E-state index contributed by atoms with van der Waals surface area (Å²) in [6.07, 6.45) is 4.88. The van der Waals surface area contributed by atoms with Crippen LogP contribution in [0.5, 0.6) is 0 Å². The van der Waals surface area contributed by atoms with E-state index in [-0.39, 0.29) is 11.8 Å². The molecule has 1 aliphatic rings. The average Bonchev–Trinajstić information content (AvgIpc) is 2.97. The molecule has 0 radical (unpaired) electrons. The Morgan fingerprint density at radius 3 is 2.43 bits per heavy atom. The molecule has 2 rings (SSSR count). The molecule has 0 spiro atoms. The molecule has 5 heteroatoms. The first-order chi connectivity index (χ1) is 10.1. The monoisotopic (exact) mass is 289 g/mol. The topological polar surface area (TPSA) is 70.2 Å². The second-order valence-electron chi connectivity index (χ2n) is 5.52. The van der Waals surface area contributed by atoms with Gasteiger partial charge in [0.2, 0.25) is 11.8 Å². The van der Waals surface area contributed by atoms with Crippen LogP contribution >= 0.6 is 0 Å². The van der Waals surface area contributed by atoms with Crippen LogP contribution in [-0.2, 0) is 16.1 Å². The van der Waals surface area contributed by atoms with E-state index in [1.807, 2.05) is 24.3 Å². The molecule has 1 saturated carbocycles. The quantitative estimate of drug-likeness (QED) is 0.748. The highest BCUT2D eigenvalue weighted by Gasteiger charge is 2.14. The van der Waals surface area contributed by atoms with E-state index in [9.17, 15) is 9.59 Å². The summed E-state index contributed by atoms with van der Waals surface area (Å²) in [5.74, 6) is -0.0677. The third-order valence-electron chi connectivity index (χ3n) is 3.67. The van der Waals surface area contributed by atoms with E-state index in [0.29, 0.717) is 19.1 Å². The van der Waals surface area contributed by atoms with Crippen molar-refractivity contribution in [3.8, 4) is 0 Å². The highest BCUT2D eigenvalue weighted by Crippen LogP contribution is 2.17. The third-order valence-corrected chi connectivity index (χ3v) is 3.67. The number of rotatable bonds is 6. The second kappa shape index (κ2) is 7.78. The number of anilines is 1. The lowest BCUT2D eigenvalue weighted by Crippen LogP contribution is -2.37. The van der Waals surface area contributed by atoms with Crippen LogP contribution in [0.1, 0.15) is 38.2 Å². The average molecular weight is 289 g/mol. The Hall–Kier alpha value is -1.88. The number of carbonyl (C=O) groups is 2. The molecule has 0 bridgehead atoms. The van der Waals surface area contributed by atoms with Gasteiger partial charge in [0, 0.05) is 25.2 Å². The van der Waals surface area contributed by atoms with E-state index < -0.39 is 0 Å². The molecule has 0 aliphatic heterocycles. The third kappa shape index (κ3) is 5.55. The van der Waals surface area contributed by atoms with E-state index in [1.54, 1.807) is 0 Å². The number of benzene rings is 1. The van der Waals surface area contributed by atoms with Crippen molar-refractivity contribution in [3.05, 3.63) is 29.8 Å². The van der Waals surface area contributed by atoms with Crippen molar-refractivity contribution in [2.24, 2.45) is 0 Å². The summed E-state index contributed by atoms with van der Waals surface area (Å²) in [5.41, 5.74) is 1.78. The van der Waals surface area contributed by atoms with E-state index in [4.69, 9.17) is 0 Å². The minimum Gasteiger partial charge on any atom is -0.351 e. The minimum absolute atomic E-state index is 0.0211. The zero-order chi connectivity index (χ0) is 15.1. The zero-order valence-electron chi connectivity index (χ0n) is 12.4. The van der Waals surface area contributed by atoms with Crippen LogP contribution in [-0.4, -0.2) is 24.4 Å². The van der Waals surface area contributed by atoms with Gasteiger partial charge in [-0.25, -0.2) is 0 Å². The van der Waals surface area contributed by atoms with Gasteiger partial charge in [-0.15, -0.1) is 0 Å². The lowest BCUT2D eigenvalue weighted by molar-refractivity contribution is -0.120. The first-order valence-electron chi connectivity index (χ1n) is 7.50. The van der Waals surface area contributed by atoms with Crippen molar-refractivity contribution in [3.63, 3.8) is 0 Å². The van der Waals surface area contributed by atoms with Crippen LogP contribution in [0.3, 0.4) is 0 Å². The van der Waals surface area contributed by atoms with Crippen molar-refractivity contribution in [2.45, 2.75) is 45.2 Å². The van der Waals surface area contributed by atoms with Crippen LogP contribution in [0, 0.1) is 0 Å². The minimum atomic E-state index is -0.0889. The number of hydrogen-bond donors (Lipinski definition) is 3. The summed E-state index contributed by atoms with van der Waals surface area (Å²) in [4.78, 5) is 22.7. The van der Waals surface area contributed by atoms with Gasteiger partial charge in [0.05, 0.1) is 6.54 Å². The normalized spacial score (nSPS) is 14.9. The molecule has 0 heterocycles. The highest BCUT2D eigenvalue weighted by atomic mass is 16.2. The van der Waals surface area contributed by atoms with Gasteiger partial charge in [0.1, 0.15) is 0 Å². The van der Waals surface area contributed by atoms with Crippen molar-refractivity contribution in [2.75, 3.05) is 11.9 Å². The highest BCUT2D eigenvalue weighted by molar-refractivity contribution is 5.88. The molecule has 0 saturated heterocycles. The van der Waals surface area contributed by atoms with Gasteiger partial charge in [0.25, 0.3) is 0 Å². The van der Waals surface area contributed by atoms with Gasteiger partial charge >= 0.3 is 0 Å². The van der Waals surface area contributed by atoms with Crippen molar-refractivity contribution in [1.29, 1.82) is 0 Å². The van der Waals surface area contributed by atoms with E-state index in [1.165, 1.54) is 32.6 Å². The fourth-order valence-electron chi connectivity index (χ4n) is 2.54. The molecule has 1 aromatic rings. The van der Waals surface area contributed by atoms with Crippen LogP contribution in [0.15, 0.2) is 24.3 Å². The number of carbonyl (C=O) groups excluding carboxylic acids is 2. The molecule has 114 valence electrons. The van der Waals surface area contributed by atoms with Crippen LogP contribution in [0.4, 0.5) is 5.69 Å². The SMILES string of the molecule is CC(=O)Nc1ccc(CNC(=O)CNC2CCCC2)cc1. The van der Waals surface area contributed by atoms with Gasteiger partial charge < -0.3 is 16.0 Å². The van der Waals surface area contributed by atoms with Gasteiger partial charge in [-0.2, -0.15) is 0 Å². The van der Waals surface area contributed by atoms with E-state index >= 15 is 0 Å². The van der Waals surface area contributed by atoms with Crippen molar-refractivity contribution < 1.29 is 9.59 Å². The Labute approximate surface area is 125 Å². The Kier molecular flexibility index (Phi) is 5.75. The molecule has 1 aromatic carbocycles. The predicted octanol–water partition coefficient (Wildman–Crippen LogP) is 1.79. The molecule has 0 atom stereocenters. The van der Waals surface area contributed by atoms with Crippen LogP contribution < -0.4 is 16.0 Å². The van der Waals surface area contributed by atoms with Gasteiger partial charge in [-0.05, 0) is 30.5 Å². The fraction of sp³-hybridized carbons (Fsp3) is 0.500. The summed E-state index contributed by atoms with van der Waals surface area (Å²) < 4.78 is 0.